The number of para-hydroxylation sites is 2. The van der Waals surface area contributed by atoms with E-state index in [0.29, 0.717) is 31.1 Å². The molecule has 1 fully saturated rings. The average Bonchev–Trinajstić information content (AvgIpc) is 3.32. The fourth-order valence-electron chi connectivity index (χ4n) is 5.57. The fourth-order valence-corrected chi connectivity index (χ4v) is 5.74. The van der Waals surface area contributed by atoms with Gasteiger partial charge >= 0.3 is 0 Å². The van der Waals surface area contributed by atoms with Crippen LogP contribution in [-0.2, 0) is 22.5 Å². The Bertz CT molecular complexity index is 1400. The third-order valence-electron chi connectivity index (χ3n) is 7.50. The molecule has 4 aromatic rings. The predicted octanol–water partition coefficient (Wildman–Crippen LogP) is 5.45. The predicted molar refractivity (Wildman–Crippen MR) is 156 cm³/mol. The number of nitrogens with zero attached hydrogens (tertiary/aromatic N) is 4. The Hall–Kier alpha value is -3.26. The summed E-state index contributed by atoms with van der Waals surface area (Å²) in [6.07, 6.45) is 5.60. The summed E-state index contributed by atoms with van der Waals surface area (Å²) < 4.78 is 7.61. The Balaban J connectivity index is 1.21. The molecule has 1 aliphatic rings. The summed E-state index contributed by atoms with van der Waals surface area (Å²) in [6, 6.07) is 20.1. The van der Waals surface area contributed by atoms with Gasteiger partial charge in [-0.1, -0.05) is 48.0 Å². The molecule has 0 unspecified atom stereocenters. The second-order valence-corrected chi connectivity index (χ2v) is 10.8. The number of carbonyl (C=O) groups excluding carboxylic acids is 1. The monoisotopic (exact) mass is 545 g/mol. The second kappa shape index (κ2) is 12.7. The molecular weight excluding hydrogens is 510 g/mol. The van der Waals surface area contributed by atoms with Gasteiger partial charge < -0.3 is 19.9 Å². The molecule has 3 heterocycles. The molecule has 2 aromatic carbocycles. The molecule has 0 bridgehead atoms. The molecule has 0 spiro atoms. The number of methoxy groups -OCH3 is 1. The molecular formula is C31H36ClN5O2. The van der Waals surface area contributed by atoms with E-state index in [9.17, 15) is 4.79 Å². The van der Waals surface area contributed by atoms with Gasteiger partial charge in [-0.2, -0.15) is 0 Å². The molecule has 0 radical (unpaired) electrons. The topological polar surface area (TPSA) is 86.3 Å². The number of hydrogen-bond donors (Lipinski definition) is 1. The van der Waals surface area contributed by atoms with Crippen LogP contribution >= 0.6 is 11.6 Å². The number of halogens is 1. The number of amides is 1. The number of aryl methyl sites for hydroxylation is 1. The van der Waals surface area contributed by atoms with E-state index < -0.39 is 0 Å². The van der Waals surface area contributed by atoms with Crippen LogP contribution in [0, 0.1) is 0 Å². The summed E-state index contributed by atoms with van der Waals surface area (Å²) in [4.78, 5) is 24.3. The highest BCUT2D eigenvalue weighted by Crippen LogP contribution is 2.30. The molecule has 8 heteroatoms. The molecule has 1 saturated heterocycles. The largest absolute Gasteiger partial charge is 0.385 e. The van der Waals surface area contributed by atoms with Crippen LogP contribution in [0.25, 0.3) is 22.2 Å². The molecule has 2 N–H and O–H groups in total. The van der Waals surface area contributed by atoms with Crippen molar-refractivity contribution in [2.45, 2.75) is 50.6 Å². The number of nitrogens with two attached hydrogens (primary N) is 1. The number of carbonyl (C=O) groups is 1. The van der Waals surface area contributed by atoms with Crippen molar-refractivity contribution in [3.63, 3.8) is 0 Å². The fraction of sp³-hybridized carbons (Fsp3) is 0.387. The SMILES string of the molecule is COCCCn1c([C@@H]2CCCN(C(=O)C[C@H](N)Cc3ccc(-c4ccnc(Cl)c4)cc3)C2)nc2ccccc21. The van der Waals surface area contributed by atoms with Crippen LogP contribution < -0.4 is 5.73 Å². The Kier molecular flexibility index (Phi) is 8.91. The van der Waals surface area contributed by atoms with E-state index in [2.05, 4.69) is 52.0 Å². The van der Waals surface area contributed by atoms with Crippen molar-refractivity contribution in [1.82, 2.24) is 19.4 Å². The number of ether oxygens (including phenoxy) is 1. The van der Waals surface area contributed by atoms with Gasteiger partial charge in [0, 0.05) is 57.9 Å². The summed E-state index contributed by atoms with van der Waals surface area (Å²) in [5.41, 5.74) is 11.8. The number of aromatic nitrogens is 3. The number of benzene rings is 2. The molecule has 2 atom stereocenters. The smallest absolute Gasteiger partial charge is 0.224 e. The molecule has 1 amide bonds. The minimum Gasteiger partial charge on any atom is -0.385 e. The highest BCUT2D eigenvalue weighted by atomic mass is 35.5. The maximum atomic E-state index is 13.3. The first-order valence-corrected chi connectivity index (χ1v) is 14.1. The van der Waals surface area contributed by atoms with E-state index in [1.807, 2.05) is 23.1 Å². The van der Waals surface area contributed by atoms with Gasteiger partial charge in [0.1, 0.15) is 11.0 Å². The standard InChI is InChI=1S/C31H36ClN5O2/c1-39-17-5-16-37-28-8-3-2-7-27(28)35-31(37)25-6-4-15-36(21-25)30(38)20-26(33)18-22-9-11-23(12-10-22)24-13-14-34-29(32)19-24/h2-3,7-14,19,25-26H,4-6,15-18,20-21,33H2,1H3/t25-,26-/m1/s1. The molecule has 1 aliphatic heterocycles. The van der Waals surface area contributed by atoms with Gasteiger partial charge in [0.25, 0.3) is 0 Å². The molecule has 0 saturated carbocycles. The number of hydrogen-bond acceptors (Lipinski definition) is 5. The van der Waals surface area contributed by atoms with Gasteiger partial charge in [0.15, 0.2) is 0 Å². The van der Waals surface area contributed by atoms with Gasteiger partial charge in [-0.25, -0.2) is 9.97 Å². The minimum atomic E-state index is -0.238. The summed E-state index contributed by atoms with van der Waals surface area (Å²) in [5, 5.41) is 0.473. The van der Waals surface area contributed by atoms with Crippen LogP contribution in [0.2, 0.25) is 5.15 Å². The molecule has 2 aromatic heterocycles. The molecule has 5 rings (SSSR count). The summed E-state index contributed by atoms with van der Waals surface area (Å²) in [5.74, 6) is 1.41. The van der Waals surface area contributed by atoms with Crippen molar-refractivity contribution in [3.05, 3.63) is 83.4 Å². The van der Waals surface area contributed by atoms with Gasteiger partial charge in [-0.3, -0.25) is 4.79 Å². The lowest BCUT2D eigenvalue weighted by Gasteiger charge is -2.33. The van der Waals surface area contributed by atoms with E-state index in [1.165, 1.54) is 0 Å². The first-order chi connectivity index (χ1) is 19.0. The minimum absolute atomic E-state index is 0.122. The molecule has 0 aliphatic carbocycles. The van der Waals surface area contributed by atoms with E-state index in [0.717, 1.165) is 65.9 Å². The number of piperidine rings is 1. The van der Waals surface area contributed by atoms with E-state index in [4.69, 9.17) is 27.1 Å². The number of fused-ring (bicyclic) bond motifs is 1. The lowest BCUT2D eigenvalue weighted by Crippen LogP contribution is -2.42. The third-order valence-corrected chi connectivity index (χ3v) is 7.71. The first-order valence-electron chi connectivity index (χ1n) is 13.7. The summed E-state index contributed by atoms with van der Waals surface area (Å²) in [7, 11) is 1.73. The van der Waals surface area contributed by atoms with E-state index >= 15 is 0 Å². The second-order valence-electron chi connectivity index (χ2n) is 10.4. The number of imidazole rings is 1. The van der Waals surface area contributed by atoms with Crippen LogP contribution in [0.5, 0.6) is 0 Å². The van der Waals surface area contributed by atoms with Crippen LogP contribution in [0.15, 0.2) is 66.9 Å². The quantitative estimate of drug-likeness (QED) is 0.211. The molecule has 204 valence electrons. The Morgan fingerprint density at radius 3 is 2.77 bits per heavy atom. The Morgan fingerprint density at radius 1 is 1.15 bits per heavy atom. The Labute approximate surface area is 235 Å². The zero-order valence-corrected chi connectivity index (χ0v) is 23.2. The third kappa shape index (κ3) is 6.67. The molecule has 39 heavy (non-hydrogen) atoms. The number of rotatable bonds is 10. The van der Waals surface area contributed by atoms with Gasteiger partial charge in [-0.15, -0.1) is 0 Å². The maximum absolute atomic E-state index is 13.3. The normalized spacial score (nSPS) is 16.5. The molecule has 7 nitrogen and oxygen atoms in total. The van der Waals surface area contributed by atoms with Gasteiger partial charge in [0.2, 0.25) is 5.91 Å². The first kappa shape index (κ1) is 27.3. The number of pyridine rings is 1. The summed E-state index contributed by atoms with van der Waals surface area (Å²) >= 11 is 6.03. The van der Waals surface area contributed by atoms with E-state index in [1.54, 1.807) is 13.3 Å². The van der Waals surface area contributed by atoms with Crippen LogP contribution in [0.4, 0.5) is 0 Å². The van der Waals surface area contributed by atoms with Crippen molar-refractivity contribution in [2.24, 2.45) is 5.73 Å². The average molecular weight is 546 g/mol. The van der Waals surface area contributed by atoms with E-state index in [-0.39, 0.29) is 17.9 Å². The highest BCUT2D eigenvalue weighted by Gasteiger charge is 2.29. The Morgan fingerprint density at radius 2 is 1.97 bits per heavy atom. The van der Waals surface area contributed by atoms with Crippen molar-refractivity contribution >= 4 is 28.5 Å². The van der Waals surface area contributed by atoms with Gasteiger partial charge in [0.05, 0.1) is 11.0 Å². The van der Waals surface area contributed by atoms with Crippen molar-refractivity contribution in [2.75, 3.05) is 26.8 Å². The lowest BCUT2D eigenvalue weighted by molar-refractivity contribution is -0.132. The van der Waals surface area contributed by atoms with Crippen LogP contribution in [0.3, 0.4) is 0 Å². The maximum Gasteiger partial charge on any atom is 0.224 e. The lowest BCUT2D eigenvalue weighted by atomic mass is 9.95. The zero-order valence-electron chi connectivity index (χ0n) is 22.4. The number of likely N-dealkylation sites (tertiary alicyclic amines) is 1. The van der Waals surface area contributed by atoms with Crippen molar-refractivity contribution < 1.29 is 9.53 Å². The summed E-state index contributed by atoms with van der Waals surface area (Å²) in [6.45, 7) is 3.02. The zero-order chi connectivity index (χ0) is 27.2. The van der Waals surface area contributed by atoms with Gasteiger partial charge in [-0.05, 0) is 66.6 Å². The van der Waals surface area contributed by atoms with Crippen LogP contribution in [0.1, 0.15) is 43.0 Å². The highest BCUT2D eigenvalue weighted by molar-refractivity contribution is 6.29. The van der Waals surface area contributed by atoms with Crippen molar-refractivity contribution in [1.29, 1.82) is 0 Å². The van der Waals surface area contributed by atoms with Crippen molar-refractivity contribution in [3.8, 4) is 11.1 Å². The van der Waals surface area contributed by atoms with Crippen LogP contribution in [-0.4, -0.2) is 58.2 Å².